The second-order valence-electron chi connectivity index (χ2n) is 16.2. The molecule has 0 aromatic heterocycles. The number of carbonyl (C=O) groups excluding carboxylic acids is 4. The van der Waals surface area contributed by atoms with E-state index in [0.29, 0.717) is 67.8 Å². The molecule has 0 aliphatic heterocycles. The van der Waals surface area contributed by atoms with Crippen LogP contribution in [-0.2, 0) is 33.4 Å². The summed E-state index contributed by atoms with van der Waals surface area (Å²) in [7, 11) is 0. The molecule has 4 aliphatic rings. The molecule has 0 unspecified atom stereocenters. The summed E-state index contributed by atoms with van der Waals surface area (Å²) in [5.74, 6) is 1.75. The molecule has 0 atom stereocenters. The van der Waals surface area contributed by atoms with Crippen molar-refractivity contribution in [3.05, 3.63) is 0 Å². The highest BCUT2D eigenvalue weighted by molar-refractivity contribution is 5.83. The maximum atomic E-state index is 11.5. The van der Waals surface area contributed by atoms with Crippen molar-refractivity contribution in [2.45, 2.75) is 208 Å². The molecular formula is C42H84N2O8. The van der Waals surface area contributed by atoms with Gasteiger partial charge in [-0.2, -0.15) is 0 Å². The number of Topliss-reactive ketones (excluding diaryl/α,β-unsaturated/α-hetero) is 2. The Morgan fingerprint density at radius 1 is 0.538 bits per heavy atom. The smallest absolute Gasteiger partial charge is 0.219 e. The molecule has 52 heavy (non-hydrogen) atoms. The molecule has 4 rings (SSSR count). The predicted molar refractivity (Wildman–Crippen MR) is 214 cm³/mol. The fourth-order valence-corrected chi connectivity index (χ4v) is 6.63. The standard InChI is InChI=1S/C12H23NO3.C10H18O.C9H17NO2.C8H14O.C3H8O.2H2/c1-9(2)16-11-5-3-10(4-6-11)15-8-7-12(13)14;1-8(2)10(11)9-6-4-3-5-7-9;10-9(11)6-7-12-8-4-2-1-3-5-8;1-6(2)8(9)7-4-3-5-7;1-3(2)4;;/h9-11H,3-8H2,1-2H3,(H2,13,14);8-9H,3-7H2,1-2H3;8H,1-7H2,(H2,10,11);6-7H,3-5H2,1-2H3;3-4H,1-2H3;2*1H. The first-order valence-corrected chi connectivity index (χ1v) is 20.7. The molecule has 0 aromatic carbocycles. The van der Waals surface area contributed by atoms with Gasteiger partial charge < -0.3 is 30.8 Å². The van der Waals surface area contributed by atoms with Crippen LogP contribution in [0.4, 0.5) is 0 Å². The van der Waals surface area contributed by atoms with Gasteiger partial charge in [0.2, 0.25) is 11.8 Å². The van der Waals surface area contributed by atoms with E-state index in [4.69, 9.17) is 30.8 Å². The van der Waals surface area contributed by atoms with Crippen molar-refractivity contribution in [1.82, 2.24) is 0 Å². The maximum Gasteiger partial charge on any atom is 0.219 e. The molecule has 0 saturated heterocycles. The summed E-state index contributed by atoms with van der Waals surface area (Å²) in [5, 5.41) is 8.06. The lowest BCUT2D eigenvalue weighted by atomic mass is 9.79. The number of ketones is 2. The first kappa shape index (κ1) is 50.1. The number of primary amides is 2. The summed E-state index contributed by atoms with van der Waals surface area (Å²) < 4.78 is 16.8. The number of nitrogens with two attached hydrogens (primary N) is 2. The first-order chi connectivity index (χ1) is 24.5. The van der Waals surface area contributed by atoms with Gasteiger partial charge in [-0.1, -0.05) is 72.6 Å². The van der Waals surface area contributed by atoms with Gasteiger partial charge in [-0.15, -0.1) is 0 Å². The van der Waals surface area contributed by atoms with Gasteiger partial charge in [0.05, 0.1) is 37.6 Å². The zero-order valence-corrected chi connectivity index (χ0v) is 34.5. The van der Waals surface area contributed by atoms with Crippen LogP contribution in [0.25, 0.3) is 0 Å². The summed E-state index contributed by atoms with van der Waals surface area (Å²) in [6.07, 6.45) is 21.9. The van der Waals surface area contributed by atoms with Gasteiger partial charge in [0, 0.05) is 45.5 Å². The van der Waals surface area contributed by atoms with E-state index in [9.17, 15) is 19.2 Å². The Morgan fingerprint density at radius 3 is 1.17 bits per heavy atom. The molecular weight excluding hydrogens is 660 g/mol. The molecule has 5 N–H and O–H groups in total. The van der Waals surface area contributed by atoms with Crippen molar-refractivity contribution in [1.29, 1.82) is 0 Å². The molecule has 310 valence electrons. The van der Waals surface area contributed by atoms with Crippen LogP contribution in [0.15, 0.2) is 0 Å². The van der Waals surface area contributed by atoms with Crippen LogP contribution in [0.2, 0.25) is 0 Å². The Labute approximate surface area is 320 Å². The Morgan fingerprint density at radius 2 is 0.865 bits per heavy atom. The second kappa shape index (κ2) is 30.4. The molecule has 10 nitrogen and oxygen atoms in total. The number of aliphatic hydroxyl groups is 1. The lowest BCUT2D eigenvalue weighted by molar-refractivity contribution is -0.128. The SMILES string of the molecule is CC(C)C(=O)C1CCC1.CC(C)C(=O)C1CCCCC1.CC(C)O.CC(C)OC1CCC(OCCC(N)=O)CC1.NC(=O)CCOC1CCCCC1.[HH].[HH]. The summed E-state index contributed by atoms with van der Waals surface area (Å²) in [6, 6.07) is 0. The molecule has 0 bridgehead atoms. The zero-order valence-electron chi connectivity index (χ0n) is 34.5. The Bertz CT molecular complexity index is 940. The van der Waals surface area contributed by atoms with Gasteiger partial charge in [0.25, 0.3) is 0 Å². The molecule has 4 aliphatic carbocycles. The summed E-state index contributed by atoms with van der Waals surface area (Å²) in [4.78, 5) is 43.5. The van der Waals surface area contributed by atoms with E-state index >= 15 is 0 Å². The first-order valence-electron chi connectivity index (χ1n) is 20.7. The van der Waals surface area contributed by atoms with Crippen molar-refractivity contribution < 1.29 is 41.3 Å². The Kier molecular flexibility index (Phi) is 29.3. The summed E-state index contributed by atoms with van der Waals surface area (Å²) >= 11 is 0. The van der Waals surface area contributed by atoms with E-state index in [1.54, 1.807) is 13.8 Å². The second-order valence-corrected chi connectivity index (χ2v) is 16.2. The van der Waals surface area contributed by atoms with Crippen LogP contribution in [0.1, 0.15) is 180 Å². The van der Waals surface area contributed by atoms with Crippen LogP contribution < -0.4 is 11.5 Å². The van der Waals surface area contributed by atoms with Crippen molar-refractivity contribution in [2.75, 3.05) is 13.2 Å². The van der Waals surface area contributed by atoms with Crippen molar-refractivity contribution >= 4 is 23.4 Å². The third-order valence-corrected chi connectivity index (χ3v) is 9.70. The fourth-order valence-electron chi connectivity index (χ4n) is 6.63. The molecule has 2 amide bonds. The molecule has 0 radical (unpaired) electrons. The highest BCUT2D eigenvalue weighted by atomic mass is 16.5. The molecule has 0 heterocycles. The van der Waals surface area contributed by atoms with Gasteiger partial charge in [-0.25, -0.2) is 0 Å². The number of ether oxygens (including phenoxy) is 3. The number of amides is 2. The van der Waals surface area contributed by atoms with E-state index in [-0.39, 0.29) is 38.7 Å². The van der Waals surface area contributed by atoms with Crippen molar-refractivity contribution in [2.24, 2.45) is 35.1 Å². The fraction of sp³-hybridized carbons (Fsp3) is 0.905. The molecule has 0 aromatic rings. The van der Waals surface area contributed by atoms with Crippen LogP contribution in [0.3, 0.4) is 0 Å². The van der Waals surface area contributed by atoms with Gasteiger partial charge in [-0.05, 0) is 91.9 Å². The zero-order chi connectivity index (χ0) is 39.5. The quantitative estimate of drug-likeness (QED) is 0.159. The predicted octanol–water partition coefficient (Wildman–Crippen LogP) is 8.51. The Balaban J connectivity index is -0.000000624. The topological polar surface area (TPSA) is 168 Å². The minimum Gasteiger partial charge on any atom is -0.394 e. The van der Waals surface area contributed by atoms with E-state index in [1.165, 1.54) is 44.9 Å². The van der Waals surface area contributed by atoms with Crippen LogP contribution in [0.5, 0.6) is 0 Å². The minimum atomic E-state index is -0.295. The number of carbonyl (C=O) groups is 4. The molecule has 10 heteroatoms. The number of hydrogen-bond acceptors (Lipinski definition) is 8. The average molecular weight is 745 g/mol. The van der Waals surface area contributed by atoms with Crippen LogP contribution in [0, 0.1) is 23.7 Å². The summed E-state index contributed by atoms with van der Waals surface area (Å²) in [6.45, 7) is 16.5. The highest BCUT2D eigenvalue weighted by Gasteiger charge is 2.26. The molecule has 4 fully saturated rings. The summed E-state index contributed by atoms with van der Waals surface area (Å²) in [5.41, 5.74) is 10.0. The Hall–Kier alpha value is -1.88. The number of hydrogen-bond donors (Lipinski definition) is 3. The van der Waals surface area contributed by atoms with Crippen molar-refractivity contribution in [3.63, 3.8) is 0 Å². The van der Waals surface area contributed by atoms with Crippen molar-refractivity contribution in [3.8, 4) is 0 Å². The minimum absolute atomic E-state index is 0. The van der Waals surface area contributed by atoms with Gasteiger partial charge >= 0.3 is 0 Å². The number of rotatable bonds is 14. The van der Waals surface area contributed by atoms with E-state index < -0.39 is 0 Å². The van der Waals surface area contributed by atoms with Crippen LogP contribution in [-0.4, -0.2) is 72.2 Å². The number of aliphatic hydroxyl groups excluding tert-OH is 1. The average Bonchev–Trinajstić information content (AvgIpc) is 3.05. The van der Waals surface area contributed by atoms with Gasteiger partial charge in [-0.3, -0.25) is 19.2 Å². The maximum absolute atomic E-state index is 11.5. The largest absolute Gasteiger partial charge is 0.394 e. The lowest BCUT2D eigenvalue weighted by Crippen LogP contribution is -2.29. The molecule has 4 saturated carbocycles. The van der Waals surface area contributed by atoms with E-state index in [2.05, 4.69) is 13.8 Å². The third kappa shape index (κ3) is 27.7. The molecule has 0 spiro atoms. The van der Waals surface area contributed by atoms with Crippen LogP contribution >= 0.6 is 0 Å². The monoisotopic (exact) mass is 745 g/mol. The van der Waals surface area contributed by atoms with Gasteiger partial charge in [0.1, 0.15) is 11.6 Å². The van der Waals surface area contributed by atoms with Gasteiger partial charge in [0.15, 0.2) is 0 Å². The lowest BCUT2D eigenvalue weighted by Gasteiger charge is -2.29. The highest BCUT2D eigenvalue weighted by Crippen LogP contribution is 2.29. The third-order valence-electron chi connectivity index (χ3n) is 9.70. The van der Waals surface area contributed by atoms with E-state index in [0.717, 1.165) is 64.2 Å². The normalized spacial score (nSPS) is 20.9. The van der Waals surface area contributed by atoms with E-state index in [1.807, 2.05) is 27.7 Å².